The van der Waals surface area contributed by atoms with E-state index in [9.17, 15) is 14.0 Å². The van der Waals surface area contributed by atoms with Crippen molar-refractivity contribution in [3.63, 3.8) is 0 Å². The van der Waals surface area contributed by atoms with Crippen molar-refractivity contribution in [1.29, 1.82) is 0 Å². The molecule has 2 fully saturated rings. The zero-order chi connectivity index (χ0) is 28.4. The number of ether oxygens (including phenoxy) is 2. The van der Waals surface area contributed by atoms with Gasteiger partial charge in [0, 0.05) is 24.8 Å². The Morgan fingerprint density at radius 1 is 0.950 bits per heavy atom. The molecule has 0 N–H and O–H groups in total. The van der Waals surface area contributed by atoms with Crippen molar-refractivity contribution in [2.45, 2.75) is 64.4 Å². The van der Waals surface area contributed by atoms with Crippen molar-refractivity contribution in [3.05, 3.63) is 89.7 Å². The SMILES string of the molecule is COc1cccc(CN2C(=O)N(c3cccc(F)c3)[C@@]3(CCN(Cc4cccc(OC(C)C)c4)[C@@H](C)C3)C2=O)c1. The molecule has 3 aromatic rings. The fourth-order valence-electron chi connectivity index (χ4n) is 5.93. The van der Waals surface area contributed by atoms with Gasteiger partial charge in [0.15, 0.2) is 0 Å². The zero-order valence-corrected chi connectivity index (χ0v) is 23.5. The minimum Gasteiger partial charge on any atom is -0.497 e. The minimum absolute atomic E-state index is 0.00648. The molecule has 0 radical (unpaired) electrons. The predicted octanol–water partition coefficient (Wildman–Crippen LogP) is 6.01. The van der Waals surface area contributed by atoms with Crippen LogP contribution in [0.4, 0.5) is 14.9 Å². The lowest BCUT2D eigenvalue weighted by Gasteiger charge is -2.45. The van der Waals surface area contributed by atoms with Gasteiger partial charge in [0.2, 0.25) is 0 Å². The second kappa shape index (κ2) is 11.3. The summed E-state index contributed by atoms with van der Waals surface area (Å²) in [6, 6.07) is 20.9. The Balaban J connectivity index is 1.43. The average Bonchev–Trinajstić information content (AvgIpc) is 3.11. The van der Waals surface area contributed by atoms with E-state index in [1.807, 2.05) is 50.2 Å². The molecule has 0 saturated carbocycles. The van der Waals surface area contributed by atoms with E-state index >= 15 is 0 Å². The maximum Gasteiger partial charge on any atom is 0.332 e. The number of benzene rings is 3. The van der Waals surface area contributed by atoms with Gasteiger partial charge in [-0.1, -0.05) is 30.3 Å². The minimum atomic E-state index is -1.09. The first-order valence-corrected chi connectivity index (χ1v) is 13.7. The molecular weight excluding hydrogens is 509 g/mol. The largest absolute Gasteiger partial charge is 0.497 e. The zero-order valence-electron chi connectivity index (χ0n) is 23.5. The third-order valence-corrected chi connectivity index (χ3v) is 7.76. The number of likely N-dealkylation sites (tertiary alicyclic amines) is 1. The van der Waals surface area contributed by atoms with Crippen LogP contribution in [0.2, 0.25) is 0 Å². The van der Waals surface area contributed by atoms with Crippen LogP contribution < -0.4 is 14.4 Å². The molecule has 210 valence electrons. The average molecular weight is 546 g/mol. The maximum atomic E-state index is 14.4. The standard InChI is InChI=1S/C32H36FN3O4/c1-22(2)40-29-13-6-8-24(17-29)20-34-15-14-32(19-23(34)3)30(37)35(21-25-9-5-12-28(16-25)39-4)31(38)36(32)27-11-7-10-26(33)18-27/h5-13,16-18,22-23H,14-15,19-21H2,1-4H3/t23-,32+/m0/s1. The van der Waals surface area contributed by atoms with Crippen molar-refractivity contribution in [2.24, 2.45) is 0 Å². The van der Waals surface area contributed by atoms with Crippen LogP contribution in [0.1, 0.15) is 44.7 Å². The molecule has 0 aromatic heterocycles. The summed E-state index contributed by atoms with van der Waals surface area (Å²) in [5.41, 5.74) is 1.20. The fraction of sp³-hybridized carbons (Fsp3) is 0.375. The predicted molar refractivity (Wildman–Crippen MR) is 152 cm³/mol. The van der Waals surface area contributed by atoms with E-state index in [4.69, 9.17) is 9.47 Å². The van der Waals surface area contributed by atoms with Crippen molar-refractivity contribution < 1.29 is 23.5 Å². The Morgan fingerprint density at radius 2 is 1.62 bits per heavy atom. The number of imide groups is 1. The summed E-state index contributed by atoms with van der Waals surface area (Å²) < 4.78 is 25.6. The quantitative estimate of drug-likeness (QED) is 0.324. The van der Waals surface area contributed by atoms with Gasteiger partial charge in [-0.25, -0.2) is 9.18 Å². The van der Waals surface area contributed by atoms with E-state index in [0.717, 1.165) is 16.9 Å². The van der Waals surface area contributed by atoms with Crippen molar-refractivity contribution in [2.75, 3.05) is 18.6 Å². The highest BCUT2D eigenvalue weighted by Crippen LogP contribution is 2.43. The van der Waals surface area contributed by atoms with Crippen LogP contribution in [-0.4, -0.2) is 53.1 Å². The first kappa shape index (κ1) is 27.6. The normalized spacial score (nSPS) is 21.5. The molecule has 0 bridgehead atoms. The Hall–Kier alpha value is -3.91. The van der Waals surface area contributed by atoms with Crippen LogP contribution in [0, 0.1) is 5.82 Å². The van der Waals surface area contributed by atoms with Gasteiger partial charge in [0.05, 0.1) is 19.8 Å². The van der Waals surface area contributed by atoms with Gasteiger partial charge < -0.3 is 9.47 Å². The van der Waals surface area contributed by atoms with Gasteiger partial charge in [-0.15, -0.1) is 0 Å². The third-order valence-electron chi connectivity index (χ3n) is 7.76. The molecule has 2 aliphatic rings. The van der Waals surface area contributed by atoms with Crippen molar-refractivity contribution in [1.82, 2.24) is 9.80 Å². The molecule has 8 heteroatoms. The second-order valence-corrected chi connectivity index (χ2v) is 11.0. The molecule has 7 nitrogen and oxygen atoms in total. The maximum absolute atomic E-state index is 14.4. The number of urea groups is 1. The summed E-state index contributed by atoms with van der Waals surface area (Å²) in [7, 11) is 1.58. The number of methoxy groups -OCH3 is 1. The summed E-state index contributed by atoms with van der Waals surface area (Å²) >= 11 is 0. The summed E-state index contributed by atoms with van der Waals surface area (Å²) in [6.45, 7) is 7.50. The Kier molecular flexibility index (Phi) is 7.81. The number of carbonyl (C=O) groups excluding carboxylic acids is 2. The Labute approximate surface area is 235 Å². The molecule has 2 aliphatic heterocycles. The van der Waals surface area contributed by atoms with E-state index in [0.29, 0.717) is 37.4 Å². The van der Waals surface area contributed by atoms with Crippen LogP contribution in [-0.2, 0) is 17.9 Å². The number of anilines is 1. The Bertz CT molecular complexity index is 1400. The fourth-order valence-corrected chi connectivity index (χ4v) is 5.93. The molecule has 2 atom stereocenters. The lowest BCUT2D eigenvalue weighted by molar-refractivity contribution is -0.133. The van der Waals surface area contributed by atoms with Gasteiger partial charge in [0.25, 0.3) is 5.91 Å². The molecule has 0 aliphatic carbocycles. The van der Waals surface area contributed by atoms with E-state index < -0.39 is 17.4 Å². The van der Waals surface area contributed by atoms with Gasteiger partial charge >= 0.3 is 6.03 Å². The van der Waals surface area contributed by atoms with Gasteiger partial charge in [0.1, 0.15) is 22.9 Å². The highest BCUT2D eigenvalue weighted by molar-refractivity contribution is 6.17. The van der Waals surface area contributed by atoms with Crippen LogP contribution in [0.15, 0.2) is 72.8 Å². The van der Waals surface area contributed by atoms with Gasteiger partial charge in [-0.2, -0.15) is 0 Å². The lowest BCUT2D eigenvalue weighted by Crippen LogP contribution is -2.59. The van der Waals surface area contributed by atoms with Crippen molar-refractivity contribution in [3.8, 4) is 11.5 Å². The summed E-state index contributed by atoms with van der Waals surface area (Å²) in [5.74, 6) is 0.783. The summed E-state index contributed by atoms with van der Waals surface area (Å²) in [6.07, 6.45) is 0.962. The van der Waals surface area contributed by atoms with Crippen LogP contribution in [0.25, 0.3) is 0 Å². The van der Waals surface area contributed by atoms with E-state index in [1.54, 1.807) is 19.2 Å². The second-order valence-electron chi connectivity index (χ2n) is 11.0. The molecular formula is C32H36FN3O4. The molecule has 2 saturated heterocycles. The summed E-state index contributed by atoms with van der Waals surface area (Å²) in [5, 5.41) is 0. The number of hydrogen-bond acceptors (Lipinski definition) is 5. The van der Waals surface area contributed by atoms with Crippen molar-refractivity contribution >= 4 is 17.6 Å². The molecule has 0 unspecified atom stereocenters. The molecule has 5 rings (SSSR count). The number of hydrogen-bond donors (Lipinski definition) is 0. The number of rotatable bonds is 8. The first-order valence-electron chi connectivity index (χ1n) is 13.7. The van der Waals surface area contributed by atoms with E-state index in [1.165, 1.54) is 21.9 Å². The van der Waals surface area contributed by atoms with Gasteiger partial charge in [-0.3, -0.25) is 19.5 Å². The number of nitrogens with zero attached hydrogens (tertiary/aromatic N) is 3. The number of carbonyl (C=O) groups is 2. The highest BCUT2D eigenvalue weighted by atomic mass is 19.1. The number of amides is 3. The molecule has 2 heterocycles. The third kappa shape index (κ3) is 5.41. The number of halogens is 1. The monoisotopic (exact) mass is 545 g/mol. The molecule has 3 aromatic carbocycles. The Morgan fingerprint density at radius 3 is 2.30 bits per heavy atom. The lowest BCUT2D eigenvalue weighted by atomic mass is 9.81. The van der Waals surface area contributed by atoms with E-state index in [2.05, 4.69) is 24.0 Å². The van der Waals surface area contributed by atoms with Crippen LogP contribution in [0.3, 0.4) is 0 Å². The smallest absolute Gasteiger partial charge is 0.332 e. The summed E-state index contributed by atoms with van der Waals surface area (Å²) in [4.78, 5) is 33.3. The van der Waals surface area contributed by atoms with Crippen LogP contribution >= 0.6 is 0 Å². The highest BCUT2D eigenvalue weighted by Gasteiger charge is 2.59. The molecule has 3 amide bonds. The molecule has 40 heavy (non-hydrogen) atoms. The van der Waals surface area contributed by atoms with E-state index in [-0.39, 0.29) is 24.6 Å². The number of piperidine rings is 1. The molecule has 1 spiro atoms. The first-order chi connectivity index (χ1) is 19.2. The van der Waals surface area contributed by atoms with Gasteiger partial charge in [-0.05, 0) is 87.2 Å². The topological polar surface area (TPSA) is 62.3 Å². The van der Waals surface area contributed by atoms with Crippen LogP contribution in [0.5, 0.6) is 11.5 Å².